The van der Waals surface area contributed by atoms with Gasteiger partial charge in [-0.05, 0) is 24.3 Å². The van der Waals surface area contributed by atoms with Gasteiger partial charge in [-0.3, -0.25) is 0 Å². The Morgan fingerprint density at radius 1 is 0.905 bits per heavy atom. The highest BCUT2D eigenvalue weighted by atomic mass is 32.2. The monoisotopic (exact) mass is 300 g/mol. The predicted octanol–water partition coefficient (Wildman–Crippen LogP) is 2.66. The third kappa shape index (κ3) is 2.86. The van der Waals surface area contributed by atoms with Crippen LogP contribution in [0.5, 0.6) is 0 Å². The molecule has 0 amide bonds. The summed E-state index contributed by atoms with van der Waals surface area (Å²) in [6, 6.07) is 17.6. The third-order valence-corrected chi connectivity index (χ3v) is 3.98. The summed E-state index contributed by atoms with van der Waals surface area (Å²) < 4.78 is 27.7. The van der Waals surface area contributed by atoms with Gasteiger partial charge < -0.3 is 4.52 Å². The van der Waals surface area contributed by atoms with E-state index in [4.69, 9.17) is 9.66 Å². The van der Waals surface area contributed by atoms with Crippen LogP contribution in [0, 0.1) is 0 Å². The van der Waals surface area contributed by atoms with E-state index in [-0.39, 0.29) is 4.90 Å². The number of hydrogen-bond acceptors (Lipinski definition) is 4. The molecule has 2 aromatic carbocycles. The van der Waals surface area contributed by atoms with Crippen LogP contribution < -0.4 is 5.14 Å². The van der Waals surface area contributed by atoms with E-state index < -0.39 is 10.0 Å². The van der Waals surface area contributed by atoms with Crippen LogP contribution in [0.1, 0.15) is 0 Å². The molecule has 2 N–H and O–H groups in total. The van der Waals surface area contributed by atoms with Crippen molar-refractivity contribution in [2.45, 2.75) is 4.90 Å². The normalized spacial score (nSPS) is 11.5. The van der Waals surface area contributed by atoms with Crippen LogP contribution in [-0.4, -0.2) is 13.6 Å². The molecule has 0 radical (unpaired) electrons. The second kappa shape index (κ2) is 5.16. The van der Waals surface area contributed by atoms with Gasteiger partial charge in [0.15, 0.2) is 5.76 Å². The fraction of sp³-hybridized carbons (Fsp3) is 0. The SMILES string of the molecule is NS(=O)(=O)c1ccc(-c2cc(-c3ccccc3)no2)cc1. The summed E-state index contributed by atoms with van der Waals surface area (Å²) in [5.41, 5.74) is 2.41. The molecule has 3 aromatic rings. The molecule has 106 valence electrons. The lowest BCUT2D eigenvalue weighted by molar-refractivity contribution is 0.435. The van der Waals surface area contributed by atoms with Crippen LogP contribution in [0.4, 0.5) is 0 Å². The molecule has 21 heavy (non-hydrogen) atoms. The molecule has 1 heterocycles. The molecule has 6 heteroatoms. The molecular formula is C15H12N2O3S. The maximum absolute atomic E-state index is 11.2. The van der Waals surface area contributed by atoms with Crippen LogP contribution in [0.3, 0.4) is 0 Å². The maximum Gasteiger partial charge on any atom is 0.238 e. The highest BCUT2D eigenvalue weighted by Crippen LogP contribution is 2.26. The molecule has 0 aliphatic rings. The smallest absolute Gasteiger partial charge is 0.238 e. The Morgan fingerprint density at radius 2 is 1.57 bits per heavy atom. The summed E-state index contributed by atoms with van der Waals surface area (Å²) in [5.74, 6) is 0.565. The fourth-order valence-electron chi connectivity index (χ4n) is 1.97. The second-order valence-corrected chi connectivity index (χ2v) is 6.07. The minimum atomic E-state index is -3.69. The number of aromatic nitrogens is 1. The number of hydrogen-bond donors (Lipinski definition) is 1. The molecule has 0 aliphatic carbocycles. The van der Waals surface area contributed by atoms with E-state index in [0.717, 1.165) is 16.8 Å². The number of sulfonamides is 1. The van der Waals surface area contributed by atoms with Gasteiger partial charge in [0.2, 0.25) is 10.0 Å². The predicted molar refractivity (Wildman–Crippen MR) is 78.7 cm³/mol. The van der Waals surface area contributed by atoms with E-state index in [2.05, 4.69) is 5.16 Å². The summed E-state index contributed by atoms with van der Waals surface area (Å²) in [6.07, 6.45) is 0. The van der Waals surface area contributed by atoms with E-state index in [1.54, 1.807) is 18.2 Å². The first-order chi connectivity index (χ1) is 10.0. The van der Waals surface area contributed by atoms with Crippen molar-refractivity contribution in [2.75, 3.05) is 0 Å². The molecule has 5 nitrogen and oxygen atoms in total. The largest absolute Gasteiger partial charge is 0.356 e. The number of benzene rings is 2. The van der Waals surface area contributed by atoms with Crippen molar-refractivity contribution in [3.05, 3.63) is 60.7 Å². The van der Waals surface area contributed by atoms with Crippen molar-refractivity contribution in [2.24, 2.45) is 5.14 Å². The zero-order chi connectivity index (χ0) is 14.9. The molecule has 0 spiro atoms. The van der Waals surface area contributed by atoms with Crippen molar-refractivity contribution in [1.29, 1.82) is 0 Å². The second-order valence-electron chi connectivity index (χ2n) is 4.51. The molecule has 0 atom stereocenters. The van der Waals surface area contributed by atoms with Gasteiger partial charge in [-0.2, -0.15) is 0 Å². The Bertz CT molecular complexity index is 853. The van der Waals surface area contributed by atoms with Crippen LogP contribution >= 0.6 is 0 Å². The summed E-state index contributed by atoms with van der Waals surface area (Å²) in [7, 11) is -3.69. The van der Waals surface area contributed by atoms with Gasteiger partial charge in [0, 0.05) is 17.2 Å². The summed E-state index contributed by atoms with van der Waals surface area (Å²) >= 11 is 0. The minimum absolute atomic E-state index is 0.0639. The van der Waals surface area contributed by atoms with E-state index >= 15 is 0 Å². The Kier molecular flexibility index (Phi) is 3.32. The van der Waals surface area contributed by atoms with Gasteiger partial charge in [-0.1, -0.05) is 35.5 Å². The fourth-order valence-corrected chi connectivity index (χ4v) is 2.48. The maximum atomic E-state index is 11.2. The van der Waals surface area contributed by atoms with E-state index in [1.807, 2.05) is 30.3 Å². The third-order valence-electron chi connectivity index (χ3n) is 3.05. The van der Waals surface area contributed by atoms with Gasteiger partial charge in [0.1, 0.15) is 5.69 Å². The zero-order valence-corrected chi connectivity index (χ0v) is 11.7. The average molecular weight is 300 g/mol. The van der Waals surface area contributed by atoms with Crippen molar-refractivity contribution >= 4 is 10.0 Å². The van der Waals surface area contributed by atoms with Crippen molar-refractivity contribution in [3.63, 3.8) is 0 Å². The molecule has 3 rings (SSSR count). The lowest BCUT2D eigenvalue weighted by atomic mass is 10.1. The van der Waals surface area contributed by atoms with E-state index in [1.165, 1.54) is 12.1 Å². The highest BCUT2D eigenvalue weighted by molar-refractivity contribution is 7.89. The lowest BCUT2D eigenvalue weighted by Crippen LogP contribution is -2.11. The van der Waals surface area contributed by atoms with Crippen LogP contribution in [0.2, 0.25) is 0 Å². The molecule has 0 bridgehead atoms. The quantitative estimate of drug-likeness (QED) is 0.805. The van der Waals surface area contributed by atoms with Gasteiger partial charge in [-0.25, -0.2) is 13.6 Å². The van der Waals surface area contributed by atoms with Crippen LogP contribution in [-0.2, 0) is 10.0 Å². The molecule has 0 saturated carbocycles. The molecule has 0 fully saturated rings. The standard InChI is InChI=1S/C15H12N2O3S/c16-21(18,19)13-8-6-12(7-9-13)15-10-14(17-20-15)11-4-2-1-3-5-11/h1-10H,(H2,16,18,19). The summed E-state index contributed by atoms with van der Waals surface area (Å²) in [5, 5.41) is 9.08. The van der Waals surface area contributed by atoms with Gasteiger partial charge in [-0.15, -0.1) is 0 Å². The summed E-state index contributed by atoms with van der Waals surface area (Å²) in [4.78, 5) is 0.0639. The van der Waals surface area contributed by atoms with Crippen molar-refractivity contribution < 1.29 is 12.9 Å². The highest BCUT2D eigenvalue weighted by Gasteiger charge is 2.11. The molecule has 0 unspecified atom stereocenters. The number of primary sulfonamides is 1. The first-order valence-electron chi connectivity index (χ1n) is 6.19. The van der Waals surface area contributed by atoms with Crippen molar-refractivity contribution in [1.82, 2.24) is 5.16 Å². The summed E-state index contributed by atoms with van der Waals surface area (Å²) in [6.45, 7) is 0. The van der Waals surface area contributed by atoms with Crippen LogP contribution in [0.25, 0.3) is 22.6 Å². The van der Waals surface area contributed by atoms with Crippen LogP contribution in [0.15, 0.2) is 70.1 Å². The number of nitrogens with two attached hydrogens (primary N) is 1. The zero-order valence-electron chi connectivity index (χ0n) is 10.9. The van der Waals surface area contributed by atoms with E-state index in [9.17, 15) is 8.42 Å². The minimum Gasteiger partial charge on any atom is -0.356 e. The lowest BCUT2D eigenvalue weighted by Gasteiger charge is -1.99. The van der Waals surface area contributed by atoms with Gasteiger partial charge in [0.05, 0.1) is 4.90 Å². The molecule has 0 saturated heterocycles. The number of nitrogens with zero attached hydrogens (tertiary/aromatic N) is 1. The Hall–Kier alpha value is -2.44. The first-order valence-corrected chi connectivity index (χ1v) is 7.74. The molecular weight excluding hydrogens is 288 g/mol. The van der Waals surface area contributed by atoms with Crippen molar-refractivity contribution in [3.8, 4) is 22.6 Å². The number of rotatable bonds is 3. The van der Waals surface area contributed by atoms with Gasteiger partial charge in [0.25, 0.3) is 0 Å². The Balaban J connectivity index is 1.94. The molecule has 1 aromatic heterocycles. The first kappa shape index (κ1) is 13.5. The van der Waals surface area contributed by atoms with Gasteiger partial charge >= 0.3 is 0 Å². The Labute approximate surface area is 122 Å². The average Bonchev–Trinajstić information content (AvgIpc) is 2.97. The molecule has 0 aliphatic heterocycles. The Morgan fingerprint density at radius 3 is 2.19 bits per heavy atom. The topological polar surface area (TPSA) is 86.2 Å². The van der Waals surface area contributed by atoms with E-state index in [0.29, 0.717) is 5.76 Å².